The molecule has 9 aromatic carbocycles. The van der Waals surface area contributed by atoms with Crippen LogP contribution in [0.25, 0.3) is 99.1 Å². The zero-order chi connectivity index (χ0) is 36.0. The highest BCUT2D eigenvalue weighted by molar-refractivity contribution is 6.22. The van der Waals surface area contributed by atoms with Crippen LogP contribution in [0.15, 0.2) is 186 Å². The fourth-order valence-electron chi connectivity index (χ4n) is 9.36. The van der Waals surface area contributed by atoms with Crippen molar-refractivity contribution in [1.29, 1.82) is 0 Å². The largest absolute Gasteiger partial charge is 0.455 e. The smallest absolute Gasteiger partial charge is 0.143 e. The summed E-state index contributed by atoms with van der Waals surface area (Å²) in [5, 5.41) is 7.34. The maximum absolute atomic E-state index is 6.77. The number of benzene rings is 9. The van der Waals surface area contributed by atoms with Crippen molar-refractivity contribution >= 4 is 43.5 Å². The molecule has 1 heterocycles. The summed E-state index contributed by atoms with van der Waals surface area (Å²) in [6.45, 7) is 4.67. The molecule has 54 heavy (non-hydrogen) atoms. The van der Waals surface area contributed by atoms with Gasteiger partial charge >= 0.3 is 0 Å². The summed E-state index contributed by atoms with van der Waals surface area (Å²) in [6, 6.07) is 66.5. The van der Waals surface area contributed by atoms with E-state index in [0.29, 0.717) is 0 Å². The molecular weight excluding hydrogens is 653 g/mol. The second-order valence-electron chi connectivity index (χ2n) is 15.2. The first-order valence-electron chi connectivity index (χ1n) is 18.8. The monoisotopic (exact) mass is 688 g/mol. The van der Waals surface area contributed by atoms with Crippen LogP contribution in [-0.2, 0) is 5.41 Å². The van der Waals surface area contributed by atoms with Crippen molar-refractivity contribution in [2.24, 2.45) is 0 Å². The highest BCUT2D eigenvalue weighted by atomic mass is 16.3. The minimum atomic E-state index is -0.0301. The molecule has 254 valence electrons. The summed E-state index contributed by atoms with van der Waals surface area (Å²) in [6.07, 6.45) is 0. The Labute approximate surface area is 314 Å². The van der Waals surface area contributed by atoms with E-state index in [1.807, 2.05) is 0 Å². The molecule has 0 bridgehead atoms. The Balaban J connectivity index is 1.08. The number of furan rings is 1. The fraction of sp³-hybridized carbons (Fsp3) is 0.0566. The highest BCUT2D eigenvalue weighted by Gasteiger charge is 2.35. The van der Waals surface area contributed by atoms with E-state index in [0.717, 1.165) is 27.5 Å². The molecule has 1 heteroatoms. The van der Waals surface area contributed by atoms with E-state index in [1.54, 1.807) is 0 Å². The summed E-state index contributed by atoms with van der Waals surface area (Å²) >= 11 is 0. The van der Waals surface area contributed by atoms with Gasteiger partial charge < -0.3 is 4.42 Å². The van der Waals surface area contributed by atoms with Gasteiger partial charge in [0.1, 0.15) is 11.2 Å². The van der Waals surface area contributed by atoms with Gasteiger partial charge in [0.05, 0.1) is 0 Å². The van der Waals surface area contributed by atoms with Crippen molar-refractivity contribution in [3.8, 4) is 55.6 Å². The molecular formula is C53H36O. The molecule has 1 nitrogen and oxygen atoms in total. The van der Waals surface area contributed by atoms with Crippen LogP contribution in [-0.4, -0.2) is 0 Å². The maximum Gasteiger partial charge on any atom is 0.143 e. The standard InChI is InChI=1S/C53H36O/c1-53(2)46-22-12-10-16-39(46)45-32-36(28-31-47(45)53)38-30-29-37(51-44-21-11-13-23-48(44)54-52(38)51)33-24-26-35(27-25-33)50-42-19-8-6-17-40(42)49(34-14-4-3-5-15-34)41-18-7-9-20-43(41)50/h3-32H,1-2H3. The lowest BCUT2D eigenvalue weighted by atomic mass is 9.82. The Bertz CT molecular complexity index is 3050. The van der Waals surface area contributed by atoms with Gasteiger partial charge in [-0.3, -0.25) is 0 Å². The quantitative estimate of drug-likeness (QED) is 0.168. The Morgan fingerprint density at radius 2 is 0.852 bits per heavy atom. The lowest BCUT2D eigenvalue weighted by molar-refractivity contribution is 0.660. The lowest BCUT2D eigenvalue weighted by Crippen LogP contribution is -2.14. The van der Waals surface area contributed by atoms with Gasteiger partial charge in [-0.2, -0.15) is 0 Å². The summed E-state index contributed by atoms with van der Waals surface area (Å²) in [5.74, 6) is 0. The first kappa shape index (κ1) is 30.9. The van der Waals surface area contributed by atoms with Crippen LogP contribution in [0.5, 0.6) is 0 Å². The highest BCUT2D eigenvalue weighted by Crippen LogP contribution is 2.51. The van der Waals surface area contributed by atoms with E-state index in [4.69, 9.17) is 4.42 Å². The molecule has 0 amide bonds. The van der Waals surface area contributed by atoms with Gasteiger partial charge in [0.25, 0.3) is 0 Å². The molecule has 10 aromatic rings. The van der Waals surface area contributed by atoms with Gasteiger partial charge in [0.2, 0.25) is 0 Å². The SMILES string of the molecule is CC1(C)c2ccccc2-c2cc(-c3ccc(-c4ccc(-c5c6ccccc6c(-c6ccccc6)c6ccccc56)cc4)c4c3oc3ccccc34)ccc21. The second-order valence-corrected chi connectivity index (χ2v) is 15.2. The molecule has 0 spiro atoms. The van der Waals surface area contributed by atoms with E-state index in [2.05, 4.69) is 196 Å². The number of para-hydroxylation sites is 1. The number of hydrogen-bond acceptors (Lipinski definition) is 1. The fourth-order valence-corrected chi connectivity index (χ4v) is 9.36. The zero-order valence-corrected chi connectivity index (χ0v) is 30.2. The summed E-state index contributed by atoms with van der Waals surface area (Å²) in [5.41, 5.74) is 16.8. The van der Waals surface area contributed by atoms with Gasteiger partial charge in [-0.25, -0.2) is 0 Å². The summed E-state index contributed by atoms with van der Waals surface area (Å²) < 4.78 is 6.77. The van der Waals surface area contributed by atoms with Crippen molar-refractivity contribution < 1.29 is 4.42 Å². The molecule has 1 aliphatic carbocycles. The van der Waals surface area contributed by atoms with Crippen LogP contribution in [0, 0.1) is 0 Å². The summed E-state index contributed by atoms with van der Waals surface area (Å²) in [4.78, 5) is 0. The van der Waals surface area contributed by atoms with E-state index in [-0.39, 0.29) is 5.41 Å². The van der Waals surface area contributed by atoms with Crippen LogP contribution >= 0.6 is 0 Å². The molecule has 0 saturated carbocycles. The minimum Gasteiger partial charge on any atom is -0.455 e. The Hall–Kier alpha value is -6.70. The van der Waals surface area contributed by atoms with Gasteiger partial charge in [0, 0.05) is 21.8 Å². The molecule has 1 aliphatic rings. The van der Waals surface area contributed by atoms with Crippen LogP contribution < -0.4 is 0 Å². The number of hydrogen-bond donors (Lipinski definition) is 0. The van der Waals surface area contributed by atoms with E-state index >= 15 is 0 Å². The summed E-state index contributed by atoms with van der Waals surface area (Å²) in [7, 11) is 0. The zero-order valence-electron chi connectivity index (χ0n) is 30.2. The van der Waals surface area contributed by atoms with Gasteiger partial charge in [-0.15, -0.1) is 0 Å². The molecule has 0 unspecified atom stereocenters. The van der Waals surface area contributed by atoms with Crippen molar-refractivity contribution in [2.45, 2.75) is 19.3 Å². The third-order valence-corrected chi connectivity index (χ3v) is 11.9. The predicted octanol–water partition coefficient (Wildman–Crippen LogP) is 14.9. The molecule has 0 aliphatic heterocycles. The molecule has 0 atom stereocenters. The average Bonchev–Trinajstić information content (AvgIpc) is 3.72. The van der Waals surface area contributed by atoms with Crippen LogP contribution in [0.4, 0.5) is 0 Å². The molecule has 0 fully saturated rings. The minimum absolute atomic E-state index is 0.0301. The van der Waals surface area contributed by atoms with Crippen LogP contribution in [0.1, 0.15) is 25.0 Å². The number of fused-ring (bicyclic) bond motifs is 8. The van der Waals surface area contributed by atoms with E-state index < -0.39 is 0 Å². The number of rotatable bonds is 4. The lowest BCUT2D eigenvalue weighted by Gasteiger charge is -2.21. The van der Waals surface area contributed by atoms with Crippen molar-refractivity contribution in [2.75, 3.05) is 0 Å². The molecule has 0 radical (unpaired) electrons. The van der Waals surface area contributed by atoms with Crippen molar-refractivity contribution in [1.82, 2.24) is 0 Å². The van der Waals surface area contributed by atoms with Crippen LogP contribution in [0.3, 0.4) is 0 Å². The van der Waals surface area contributed by atoms with Gasteiger partial charge in [-0.05, 0) is 101 Å². The normalized spacial score (nSPS) is 13.1. The van der Waals surface area contributed by atoms with Crippen molar-refractivity contribution in [3.05, 3.63) is 193 Å². The molecule has 0 saturated heterocycles. The first-order chi connectivity index (χ1) is 26.6. The van der Waals surface area contributed by atoms with Gasteiger partial charge in [-0.1, -0.05) is 178 Å². The van der Waals surface area contributed by atoms with E-state index in [9.17, 15) is 0 Å². The predicted molar refractivity (Wildman–Crippen MR) is 228 cm³/mol. The third-order valence-electron chi connectivity index (χ3n) is 11.9. The van der Waals surface area contributed by atoms with Crippen molar-refractivity contribution in [3.63, 3.8) is 0 Å². The van der Waals surface area contributed by atoms with Gasteiger partial charge in [0.15, 0.2) is 0 Å². The molecule has 0 N–H and O–H groups in total. The molecule has 1 aromatic heterocycles. The average molecular weight is 689 g/mol. The first-order valence-corrected chi connectivity index (χ1v) is 18.8. The Morgan fingerprint density at radius 3 is 1.54 bits per heavy atom. The van der Waals surface area contributed by atoms with E-state index in [1.165, 1.54) is 82.7 Å². The third kappa shape index (κ3) is 4.45. The topological polar surface area (TPSA) is 13.1 Å². The van der Waals surface area contributed by atoms with Crippen LogP contribution in [0.2, 0.25) is 0 Å². The molecule has 11 rings (SSSR count). The Kier molecular flexibility index (Phi) is 6.66. The maximum atomic E-state index is 6.77. The second kappa shape index (κ2) is 11.7. The Morgan fingerprint density at radius 1 is 0.352 bits per heavy atom.